The standard InChI is InChI=1S/C18H12ClN5S/c19-11-1-2-15-13(6-11)10(7-20)5-17(23-15)24-4-3-12-14(8-21)18(22)25-16(12)9-24/h1-2,5-6H,3-4,9,22H2. The zero-order chi connectivity index (χ0) is 17.6. The highest BCUT2D eigenvalue weighted by atomic mass is 35.5. The van der Waals surface area contributed by atoms with Crippen LogP contribution in [0, 0.1) is 22.7 Å². The first-order valence-electron chi connectivity index (χ1n) is 7.66. The van der Waals surface area contributed by atoms with Gasteiger partial charge in [-0.15, -0.1) is 11.3 Å². The average molecular weight is 366 g/mol. The van der Waals surface area contributed by atoms with Crippen LogP contribution >= 0.6 is 22.9 Å². The number of thiophene rings is 1. The normalized spacial score (nSPS) is 13.3. The van der Waals surface area contributed by atoms with E-state index in [1.165, 1.54) is 11.3 Å². The molecule has 2 aromatic heterocycles. The van der Waals surface area contributed by atoms with Crippen molar-refractivity contribution in [2.24, 2.45) is 0 Å². The van der Waals surface area contributed by atoms with Crippen LogP contribution in [-0.2, 0) is 13.0 Å². The molecule has 1 aliphatic heterocycles. The van der Waals surface area contributed by atoms with Crippen LogP contribution in [0.2, 0.25) is 5.02 Å². The van der Waals surface area contributed by atoms with Crippen molar-refractivity contribution < 1.29 is 0 Å². The molecule has 4 rings (SSSR count). The molecule has 0 fully saturated rings. The predicted molar refractivity (Wildman–Crippen MR) is 99.7 cm³/mol. The number of hydrogen-bond donors (Lipinski definition) is 1. The molecule has 1 aromatic carbocycles. The van der Waals surface area contributed by atoms with Gasteiger partial charge in [-0.2, -0.15) is 10.5 Å². The Morgan fingerprint density at radius 2 is 2.08 bits per heavy atom. The molecule has 0 spiro atoms. The fourth-order valence-corrected chi connectivity index (χ4v) is 4.44. The highest BCUT2D eigenvalue weighted by Crippen LogP contribution is 2.36. The number of anilines is 2. The molecule has 0 saturated carbocycles. The van der Waals surface area contributed by atoms with Gasteiger partial charge < -0.3 is 10.6 Å². The van der Waals surface area contributed by atoms with Crippen molar-refractivity contribution in [3.05, 3.63) is 50.9 Å². The summed E-state index contributed by atoms with van der Waals surface area (Å²) in [5.74, 6) is 0.752. The molecule has 0 atom stereocenters. The van der Waals surface area contributed by atoms with Crippen LogP contribution in [0.1, 0.15) is 21.6 Å². The number of rotatable bonds is 1. The minimum Gasteiger partial charge on any atom is -0.389 e. The molecular weight excluding hydrogens is 354 g/mol. The zero-order valence-corrected chi connectivity index (χ0v) is 14.7. The number of pyridine rings is 1. The molecule has 0 amide bonds. The SMILES string of the molecule is N#Cc1c(N)sc2c1CCN(c1cc(C#N)c3cc(Cl)ccc3n1)C2. The van der Waals surface area contributed by atoms with Crippen molar-refractivity contribution in [2.45, 2.75) is 13.0 Å². The van der Waals surface area contributed by atoms with Crippen LogP contribution in [0.5, 0.6) is 0 Å². The quantitative estimate of drug-likeness (QED) is 0.707. The highest BCUT2D eigenvalue weighted by Gasteiger charge is 2.24. The van der Waals surface area contributed by atoms with Crippen molar-refractivity contribution >= 4 is 44.7 Å². The van der Waals surface area contributed by atoms with Crippen molar-refractivity contribution in [3.63, 3.8) is 0 Å². The average Bonchev–Trinajstić information content (AvgIpc) is 2.94. The second kappa shape index (κ2) is 5.93. The summed E-state index contributed by atoms with van der Waals surface area (Å²) in [6, 6.07) is 11.6. The first-order chi connectivity index (χ1) is 12.1. The van der Waals surface area contributed by atoms with Crippen LogP contribution in [0.4, 0.5) is 10.8 Å². The molecule has 25 heavy (non-hydrogen) atoms. The van der Waals surface area contributed by atoms with E-state index in [0.717, 1.165) is 40.1 Å². The van der Waals surface area contributed by atoms with Crippen LogP contribution in [0.15, 0.2) is 24.3 Å². The van der Waals surface area contributed by atoms with Gasteiger partial charge in [0, 0.05) is 21.8 Å². The Morgan fingerprint density at radius 1 is 1.24 bits per heavy atom. The number of aromatic nitrogens is 1. The Kier molecular flexibility index (Phi) is 3.73. The molecule has 7 heteroatoms. The van der Waals surface area contributed by atoms with Crippen molar-refractivity contribution in [3.8, 4) is 12.1 Å². The predicted octanol–water partition coefficient (Wildman–Crippen LogP) is 3.84. The smallest absolute Gasteiger partial charge is 0.130 e. The summed E-state index contributed by atoms with van der Waals surface area (Å²) in [7, 11) is 0. The number of nitriles is 2. The third-order valence-electron chi connectivity index (χ3n) is 4.40. The van der Waals surface area contributed by atoms with E-state index in [-0.39, 0.29) is 0 Å². The largest absolute Gasteiger partial charge is 0.389 e. The fourth-order valence-electron chi connectivity index (χ4n) is 3.18. The molecule has 0 radical (unpaired) electrons. The minimum absolute atomic E-state index is 0.553. The van der Waals surface area contributed by atoms with Crippen LogP contribution in [0.3, 0.4) is 0 Å². The molecule has 0 unspecified atom stereocenters. The molecule has 2 N–H and O–H groups in total. The monoisotopic (exact) mass is 365 g/mol. The molecule has 5 nitrogen and oxygen atoms in total. The van der Waals surface area contributed by atoms with E-state index < -0.39 is 0 Å². The van der Waals surface area contributed by atoms with Crippen LogP contribution in [-0.4, -0.2) is 11.5 Å². The molecule has 0 aliphatic carbocycles. The second-order valence-electron chi connectivity index (χ2n) is 5.83. The lowest BCUT2D eigenvalue weighted by atomic mass is 10.0. The Morgan fingerprint density at radius 3 is 2.84 bits per heavy atom. The summed E-state index contributed by atoms with van der Waals surface area (Å²) in [5, 5.41) is 20.7. The summed E-state index contributed by atoms with van der Waals surface area (Å²) >= 11 is 7.50. The van der Waals surface area contributed by atoms with E-state index in [0.29, 0.717) is 27.7 Å². The number of fused-ring (bicyclic) bond motifs is 2. The van der Waals surface area contributed by atoms with Gasteiger partial charge in [-0.1, -0.05) is 11.6 Å². The first kappa shape index (κ1) is 15.7. The van der Waals surface area contributed by atoms with E-state index in [2.05, 4.69) is 17.0 Å². The second-order valence-corrected chi connectivity index (χ2v) is 7.40. The van der Waals surface area contributed by atoms with Crippen molar-refractivity contribution in [1.82, 2.24) is 4.98 Å². The van der Waals surface area contributed by atoms with Crippen LogP contribution in [0.25, 0.3) is 10.9 Å². The molecule has 3 heterocycles. The van der Waals surface area contributed by atoms with Gasteiger partial charge in [0.05, 0.1) is 29.3 Å². The lowest BCUT2D eigenvalue weighted by Gasteiger charge is -2.28. The number of nitrogens with zero attached hydrogens (tertiary/aromatic N) is 4. The molecule has 3 aromatic rings. The van der Waals surface area contributed by atoms with E-state index >= 15 is 0 Å². The Hall–Kier alpha value is -2.80. The van der Waals surface area contributed by atoms with E-state index in [1.54, 1.807) is 18.2 Å². The first-order valence-corrected chi connectivity index (χ1v) is 8.85. The zero-order valence-electron chi connectivity index (χ0n) is 13.1. The van der Waals surface area contributed by atoms with E-state index in [9.17, 15) is 10.5 Å². The molecule has 0 saturated heterocycles. The topological polar surface area (TPSA) is 89.7 Å². The summed E-state index contributed by atoms with van der Waals surface area (Å²) < 4.78 is 0. The van der Waals surface area contributed by atoms with Crippen molar-refractivity contribution in [1.29, 1.82) is 10.5 Å². The van der Waals surface area contributed by atoms with Gasteiger partial charge in [-0.25, -0.2) is 4.98 Å². The van der Waals surface area contributed by atoms with Gasteiger partial charge in [0.15, 0.2) is 0 Å². The Bertz CT molecular complexity index is 1090. The number of hydrogen-bond acceptors (Lipinski definition) is 6. The Labute approximate surface area is 153 Å². The van der Waals surface area contributed by atoms with E-state index in [4.69, 9.17) is 22.3 Å². The molecule has 122 valence electrons. The highest BCUT2D eigenvalue weighted by molar-refractivity contribution is 7.16. The maximum Gasteiger partial charge on any atom is 0.130 e. The minimum atomic E-state index is 0.553. The third kappa shape index (κ3) is 2.56. The fraction of sp³-hybridized carbons (Fsp3) is 0.167. The van der Waals surface area contributed by atoms with Gasteiger partial charge in [0.25, 0.3) is 0 Å². The maximum atomic E-state index is 9.49. The summed E-state index contributed by atoms with van der Waals surface area (Å²) in [6.45, 7) is 1.37. The number of nitrogen functional groups attached to an aromatic ring is 1. The molecule has 1 aliphatic rings. The van der Waals surface area contributed by atoms with Gasteiger partial charge in [0.2, 0.25) is 0 Å². The van der Waals surface area contributed by atoms with Gasteiger partial charge in [-0.05, 0) is 36.2 Å². The van der Waals surface area contributed by atoms with Gasteiger partial charge in [0.1, 0.15) is 16.9 Å². The Balaban J connectivity index is 1.77. The number of benzene rings is 1. The van der Waals surface area contributed by atoms with Gasteiger partial charge >= 0.3 is 0 Å². The molecular formula is C18H12ClN5S. The summed E-state index contributed by atoms with van der Waals surface area (Å²) in [6.07, 6.45) is 0.744. The van der Waals surface area contributed by atoms with Crippen LogP contribution < -0.4 is 10.6 Å². The third-order valence-corrected chi connectivity index (χ3v) is 5.68. The molecule has 0 bridgehead atoms. The summed E-state index contributed by atoms with van der Waals surface area (Å²) in [5.41, 5.74) is 8.91. The number of nitrogens with two attached hydrogens (primary N) is 1. The van der Waals surface area contributed by atoms with Crippen molar-refractivity contribution in [2.75, 3.05) is 17.2 Å². The van der Waals surface area contributed by atoms with E-state index in [1.807, 2.05) is 6.07 Å². The lowest BCUT2D eigenvalue weighted by molar-refractivity contribution is 0.734. The maximum absolute atomic E-state index is 9.49. The van der Waals surface area contributed by atoms with Gasteiger partial charge in [-0.3, -0.25) is 0 Å². The summed E-state index contributed by atoms with van der Waals surface area (Å²) in [4.78, 5) is 7.91. The number of halogens is 1. The lowest BCUT2D eigenvalue weighted by Crippen LogP contribution is -2.30.